The van der Waals surface area contributed by atoms with Crippen molar-refractivity contribution in [2.75, 3.05) is 11.5 Å². The van der Waals surface area contributed by atoms with Gasteiger partial charge in [0, 0.05) is 6.04 Å². The number of aliphatic carboxylic acids is 1. The van der Waals surface area contributed by atoms with Crippen molar-refractivity contribution in [2.24, 2.45) is 0 Å². The summed E-state index contributed by atoms with van der Waals surface area (Å²) in [4.78, 5) is 25.0. The van der Waals surface area contributed by atoms with Crippen molar-refractivity contribution in [3.8, 4) is 0 Å². The summed E-state index contributed by atoms with van der Waals surface area (Å²) in [5.41, 5.74) is 1.25. The van der Waals surface area contributed by atoms with Crippen molar-refractivity contribution in [1.82, 2.24) is 0 Å². The Morgan fingerprint density at radius 3 is 2.85 bits per heavy atom. The average molecular weight is 275 g/mol. The number of para-hydroxylation sites is 1. The quantitative estimate of drug-likeness (QED) is 0.861. The van der Waals surface area contributed by atoms with Gasteiger partial charge in [-0.2, -0.15) is 0 Å². The van der Waals surface area contributed by atoms with Crippen LogP contribution in [0.15, 0.2) is 36.9 Å². The Morgan fingerprint density at radius 2 is 2.20 bits per heavy atom. The molecular weight excluding hydrogens is 258 g/mol. The Morgan fingerprint density at radius 1 is 1.50 bits per heavy atom. The fourth-order valence-electron chi connectivity index (χ4n) is 2.52. The molecule has 0 saturated heterocycles. The summed E-state index contributed by atoms with van der Waals surface area (Å²) in [6.45, 7) is 5.45. The number of rotatable bonds is 3. The van der Waals surface area contributed by atoms with Gasteiger partial charge in [0.2, 0.25) is 0 Å². The van der Waals surface area contributed by atoms with Gasteiger partial charge >= 0.3 is 12.1 Å². The number of hydrogen-bond donors (Lipinski definition) is 1. The van der Waals surface area contributed by atoms with E-state index < -0.39 is 18.0 Å². The SMILES string of the molecule is C=CCOC(=O)N1c2ccccc2[C@@H](C(=O)O)C[C@H]1C. The molecule has 0 bridgehead atoms. The zero-order valence-corrected chi connectivity index (χ0v) is 11.3. The van der Waals surface area contributed by atoms with Gasteiger partial charge in [0.1, 0.15) is 6.61 Å². The monoisotopic (exact) mass is 275 g/mol. The van der Waals surface area contributed by atoms with Crippen molar-refractivity contribution < 1.29 is 19.4 Å². The van der Waals surface area contributed by atoms with Gasteiger partial charge in [-0.15, -0.1) is 0 Å². The number of benzene rings is 1. The van der Waals surface area contributed by atoms with Crippen LogP contribution in [0.3, 0.4) is 0 Å². The van der Waals surface area contributed by atoms with E-state index >= 15 is 0 Å². The number of fused-ring (bicyclic) bond motifs is 1. The Bertz CT molecular complexity index is 540. The zero-order valence-electron chi connectivity index (χ0n) is 11.3. The number of carbonyl (C=O) groups is 2. The topological polar surface area (TPSA) is 66.8 Å². The first-order chi connectivity index (χ1) is 9.56. The van der Waals surface area contributed by atoms with E-state index in [2.05, 4.69) is 6.58 Å². The van der Waals surface area contributed by atoms with Crippen molar-refractivity contribution in [2.45, 2.75) is 25.3 Å². The Hall–Kier alpha value is -2.30. The number of carbonyl (C=O) groups excluding carboxylic acids is 1. The lowest BCUT2D eigenvalue weighted by molar-refractivity contribution is -0.139. The molecule has 2 atom stereocenters. The van der Waals surface area contributed by atoms with Crippen molar-refractivity contribution >= 4 is 17.7 Å². The molecule has 1 aliphatic heterocycles. The first kappa shape index (κ1) is 14.1. The van der Waals surface area contributed by atoms with Crippen molar-refractivity contribution in [1.29, 1.82) is 0 Å². The zero-order chi connectivity index (χ0) is 14.7. The Labute approximate surface area is 117 Å². The lowest BCUT2D eigenvalue weighted by Gasteiger charge is -2.37. The Balaban J connectivity index is 2.39. The molecule has 0 radical (unpaired) electrons. The molecule has 5 nitrogen and oxygen atoms in total. The average Bonchev–Trinajstić information content (AvgIpc) is 2.43. The number of ether oxygens (including phenoxy) is 1. The molecule has 1 aliphatic rings. The van der Waals surface area contributed by atoms with Crippen LogP contribution in [0.2, 0.25) is 0 Å². The van der Waals surface area contributed by atoms with Gasteiger partial charge < -0.3 is 9.84 Å². The molecule has 20 heavy (non-hydrogen) atoms. The second-order valence-corrected chi connectivity index (χ2v) is 4.77. The molecule has 2 rings (SSSR count). The van der Waals surface area contributed by atoms with Gasteiger partial charge in [0.25, 0.3) is 0 Å². The molecule has 1 aromatic rings. The van der Waals surface area contributed by atoms with Gasteiger partial charge in [-0.25, -0.2) is 4.79 Å². The molecule has 106 valence electrons. The maximum absolute atomic E-state index is 12.1. The first-order valence-electron chi connectivity index (χ1n) is 6.45. The number of amides is 1. The lowest BCUT2D eigenvalue weighted by atomic mass is 9.86. The van der Waals surface area contributed by atoms with E-state index in [0.717, 1.165) is 0 Å². The summed E-state index contributed by atoms with van der Waals surface area (Å²) in [5, 5.41) is 9.32. The molecule has 1 heterocycles. The van der Waals surface area contributed by atoms with Crippen LogP contribution < -0.4 is 4.90 Å². The summed E-state index contributed by atoms with van der Waals surface area (Å²) >= 11 is 0. The van der Waals surface area contributed by atoms with Crippen LogP contribution in [0.5, 0.6) is 0 Å². The lowest BCUT2D eigenvalue weighted by Crippen LogP contribution is -2.44. The summed E-state index contributed by atoms with van der Waals surface area (Å²) in [5.74, 6) is -1.46. The molecule has 0 aliphatic carbocycles. The van der Waals surface area contributed by atoms with Gasteiger partial charge in [0.05, 0.1) is 11.6 Å². The third-order valence-corrected chi connectivity index (χ3v) is 3.41. The van der Waals surface area contributed by atoms with Crippen LogP contribution >= 0.6 is 0 Å². The highest BCUT2D eigenvalue weighted by atomic mass is 16.6. The second-order valence-electron chi connectivity index (χ2n) is 4.77. The molecule has 1 amide bonds. The molecule has 0 unspecified atom stereocenters. The number of carboxylic acid groups (broad SMARTS) is 1. The molecule has 1 aromatic carbocycles. The van der Waals surface area contributed by atoms with E-state index in [0.29, 0.717) is 17.7 Å². The normalized spacial score (nSPS) is 20.9. The molecule has 1 N–H and O–H groups in total. The summed E-state index contributed by atoms with van der Waals surface area (Å²) in [6.07, 6.45) is 1.39. The van der Waals surface area contributed by atoms with Gasteiger partial charge in [-0.3, -0.25) is 9.69 Å². The largest absolute Gasteiger partial charge is 0.481 e. The van der Waals surface area contributed by atoms with Crippen LogP contribution in [0.4, 0.5) is 10.5 Å². The van der Waals surface area contributed by atoms with E-state index in [1.54, 1.807) is 24.3 Å². The van der Waals surface area contributed by atoms with E-state index in [4.69, 9.17) is 4.74 Å². The minimum atomic E-state index is -0.872. The summed E-state index contributed by atoms with van der Waals surface area (Å²) < 4.78 is 5.08. The number of anilines is 1. The van der Waals surface area contributed by atoms with E-state index in [1.807, 2.05) is 6.92 Å². The van der Waals surface area contributed by atoms with Crippen LogP contribution in [-0.4, -0.2) is 29.8 Å². The molecule has 0 aromatic heterocycles. The Kier molecular flexibility index (Phi) is 4.08. The maximum atomic E-state index is 12.1. The summed E-state index contributed by atoms with van der Waals surface area (Å²) in [7, 11) is 0. The van der Waals surface area contributed by atoms with Gasteiger partial charge in [-0.1, -0.05) is 30.9 Å². The number of hydrogen-bond acceptors (Lipinski definition) is 3. The number of carboxylic acids is 1. The van der Waals surface area contributed by atoms with Gasteiger partial charge in [-0.05, 0) is 25.0 Å². The van der Waals surface area contributed by atoms with E-state index in [9.17, 15) is 14.7 Å². The predicted octanol–water partition coefficient (Wildman–Crippen LogP) is 2.78. The standard InChI is InChI=1S/C15H17NO4/c1-3-8-20-15(19)16-10(2)9-12(14(17)18)11-6-4-5-7-13(11)16/h3-7,10,12H,1,8-9H2,2H3,(H,17,18)/t10-,12+/m1/s1. The van der Waals surface area contributed by atoms with Crippen LogP contribution in [0, 0.1) is 0 Å². The molecular formula is C15H17NO4. The van der Waals surface area contributed by atoms with Crippen LogP contribution in [0.1, 0.15) is 24.8 Å². The molecule has 0 saturated carbocycles. The minimum Gasteiger partial charge on any atom is -0.481 e. The molecule has 0 spiro atoms. The van der Waals surface area contributed by atoms with Gasteiger partial charge in [0.15, 0.2) is 0 Å². The maximum Gasteiger partial charge on any atom is 0.414 e. The van der Waals surface area contributed by atoms with Crippen molar-refractivity contribution in [3.63, 3.8) is 0 Å². The van der Waals surface area contributed by atoms with Crippen LogP contribution in [0.25, 0.3) is 0 Å². The van der Waals surface area contributed by atoms with Crippen LogP contribution in [-0.2, 0) is 9.53 Å². The highest BCUT2D eigenvalue weighted by molar-refractivity contribution is 5.92. The fraction of sp³-hybridized carbons (Fsp3) is 0.333. The highest BCUT2D eigenvalue weighted by Crippen LogP contribution is 2.38. The molecule has 5 heteroatoms. The number of nitrogens with zero attached hydrogens (tertiary/aromatic N) is 1. The fourth-order valence-corrected chi connectivity index (χ4v) is 2.52. The predicted molar refractivity (Wildman–Crippen MR) is 74.9 cm³/mol. The van der Waals surface area contributed by atoms with E-state index in [1.165, 1.54) is 11.0 Å². The minimum absolute atomic E-state index is 0.132. The first-order valence-corrected chi connectivity index (χ1v) is 6.45. The highest BCUT2D eigenvalue weighted by Gasteiger charge is 2.37. The second kappa shape index (κ2) is 5.77. The van der Waals surface area contributed by atoms with Crippen molar-refractivity contribution in [3.05, 3.63) is 42.5 Å². The smallest absolute Gasteiger partial charge is 0.414 e. The van der Waals surface area contributed by atoms with E-state index in [-0.39, 0.29) is 12.6 Å². The third-order valence-electron chi connectivity index (χ3n) is 3.41. The molecule has 0 fully saturated rings. The third kappa shape index (κ3) is 2.52. The summed E-state index contributed by atoms with van der Waals surface area (Å²) in [6, 6.07) is 6.81.